The van der Waals surface area contributed by atoms with E-state index in [1.165, 1.54) is 11.3 Å². The van der Waals surface area contributed by atoms with E-state index in [0.717, 1.165) is 57.3 Å². The zero-order valence-corrected chi connectivity index (χ0v) is 13.6. The van der Waals surface area contributed by atoms with Crippen LogP contribution in [-0.2, 0) is 6.54 Å². The summed E-state index contributed by atoms with van der Waals surface area (Å²) in [7, 11) is 0. The number of nitrogens with one attached hydrogen (secondary N) is 1. The standard InChI is InChI=1S/C16H26ClN3O/c1-2-6-18-13-14-4-3-5-15(17)16(14)20-9-7-19(8-10-20)11-12-21/h3-5,18,21H,2,6-13H2,1H3. The lowest BCUT2D eigenvalue weighted by Crippen LogP contribution is -2.47. The Morgan fingerprint density at radius 3 is 2.67 bits per heavy atom. The van der Waals surface area contributed by atoms with E-state index < -0.39 is 0 Å². The fraction of sp³-hybridized carbons (Fsp3) is 0.625. The van der Waals surface area contributed by atoms with Gasteiger partial charge < -0.3 is 15.3 Å². The minimum atomic E-state index is 0.234. The van der Waals surface area contributed by atoms with Gasteiger partial charge in [-0.1, -0.05) is 30.7 Å². The first kappa shape index (κ1) is 16.6. The van der Waals surface area contributed by atoms with Crippen molar-refractivity contribution < 1.29 is 5.11 Å². The molecule has 0 aliphatic carbocycles. The second-order valence-corrected chi connectivity index (χ2v) is 5.88. The molecule has 0 spiro atoms. The van der Waals surface area contributed by atoms with Crippen molar-refractivity contribution in [3.63, 3.8) is 0 Å². The summed E-state index contributed by atoms with van der Waals surface area (Å²) in [5, 5.41) is 13.3. The van der Waals surface area contributed by atoms with Crippen LogP contribution in [0.1, 0.15) is 18.9 Å². The van der Waals surface area contributed by atoms with Gasteiger partial charge in [-0.05, 0) is 24.6 Å². The largest absolute Gasteiger partial charge is 0.395 e. The van der Waals surface area contributed by atoms with Gasteiger partial charge in [-0.3, -0.25) is 4.90 Å². The Labute approximate surface area is 132 Å². The van der Waals surface area contributed by atoms with E-state index in [9.17, 15) is 0 Å². The van der Waals surface area contributed by atoms with E-state index in [-0.39, 0.29) is 6.61 Å². The number of β-amino-alcohol motifs (C(OH)–C–C–N with tert-alkyl or cyclic N) is 1. The van der Waals surface area contributed by atoms with Gasteiger partial charge in [0.2, 0.25) is 0 Å². The van der Waals surface area contributed by atoms with Gasteiger partial charge in [0.25, 0.3) is 0 Å². The Bertz CT molecular complexity index is 434. The van der Waals surface area contributed by atoms with Crippen LogP contribution in [0.4, 0.5) is 5.69 Å². The summed E-state index contributed by atoms with van der Waals surface area (Å²) in [6, 6.07) is 6.15. The summed E-state index contributed by atoms with van der Waals surface area (Å²) in [6.45, 7) is 8.94. The second kappa shape index (κ2) is 8.59. The predicted molar refractivity (Wildman–Crippen MR) is 89.2 cm³/mol. The monoisotopic (exact) mass is 311 g/mol. The minimum Gasteiger partial charge on any atom is -0.395 e. The van der Waals surface area contributed by atoms with E-state index in [1.807, 2.05) is 12.1 Å². The molecule has 1 aliphatic rings. The number of piperazine rings is 1. The van der Waals surface area contributed by atoms with Crippen molar-refractivity contribution in [1.29, 1.82) is 0 Å². The first-order valence-electron chi connectivity index (χ1n) is 7.82. The Morgan fingerprint density at radius 2 is 2.00 bits per heavy atom. The molecule has 1 heterocycles. The lowest BCUT2D eigenvalue weighted by atomic mass is 10.1. The minimum absolute atomic E-state index is 0.234. The number of hydrogen-bond donors (Lipinski definition) is 2. The zero-order valence-electron chi connectivity index (χ0n) is 12.8. The highest BCUT2D eigenvalue weighted by Gasteiger charge is 2.20. The summed E-state index contributed by atoms with van der Waals surface area (Å²) in [5.74, 6) is 0. The third-order valence-corrected chi connectivity index (χ3v) is 4.22. The average molecular weight is 312 g/mol. The van der Waals surface area contributed by atoms with E-state index in [1.54, 1.807) is 0 Å². The van der Waals surface area contributed by atoms with Crippen LogP contribution in [0.5, 0.6) is 0 Å². The summed E-state index contributed by atoms with van der Waals surface area (Å²) in [6.07, 6.45) is 1.13. The molecule has 1 aromatic rings. The van der Waals surface area contributed by atoms with Crippen molar-refractivity contribution in [2.24, 2.45) is 0 Å². The van der Waals surface area contributed by atoms with Crippen LogP contribution < -0.4 is 10.2 Å². The number of aliphatic hydroxyl groups is 1. The van der Waals surface area contributed by atoms with Crippen LogP contribution in [0.25, 0.3) is 0 Å². The van der Waals surface area contributed by atoms with Crippen molar-refractivity contribution in [2.75, 3.05) is 50.8 Å². The number of halogens is 1. The molecule has 4 nitrogen and oxygen atoms in total. The number of rotatable bonds is 7. The molecule has 0 bridgehead atoms. The zero-order chi connectivity index (χ0) is 15.1. The van der Waals surface area contributed by atoms with E-state index in [4.69, 9.17) is 16.7 Å². The molecule has 1 aliphatic heterocycles. The Hall–Kier alpha value is -0.810. The highest BCUT2D eigenvalue weighted by molar-refractivity contribution is 6.33. The molecule has 1 fully saturated rings. The number of anilines is 1. The van der Waals surface area contributed by atoms with Crippen molar-refractivity contribution in [3.05, 3.63) is 28.8 Å². The first-order chi connectivity index (χ1) is 10.3. The number of hydrogen-bond acceptors (Lipinski definition) is 4. The van der Waals surface area contributed by atoms with E-state index in [0.29, 0.717) is 0 Å². The third kappa shape index (κ3) is 4.58. The van der Waals surface area contributed by atoms with Gasteiger partial charge in [-0.2, -0.15) is 0 Å². The molecule has 21 heavy (non-hydrogen) atoms. The quantitative estimate of drug-likeness (QED) is 0.755. The van der Waals surface area contributed by atoms with Gasteiger partial charge in [0.05, 0.1) is 17.3 Å². The van der Waals surface area contributed by atoms with E-state index >= 15 is 0 Å². The number of aliphatic hydroxyl groups excluding tert-OH is 1. The molecule has 0 atom stereocenters. The Kier molecular flexibility index (Phi) is 6.77. The maximum Gasteiger partial charge on any atom is 0.0642 e. The Morgan fingerprint density at radius 1 is 1.24 bits per heavy atom. The van der Waals surface area contributed by atoms with Gasteiger partial charge in [0.15, 0.2) is 0 Å². The summed E-state index contributed by atoms with van der Waals surface area (Å²) >= 11 is 6.45. The van der Waals surface area contributed by atoms with Crippen molar-refractivity contribution in [3.8, 4) is 0 Å². The molecule has 0 aromatic heterocycles. The maximum absolute atomic E-state index is 9.03. The highest BCUT2D eigenvalue weighted by atomic mass is 35.5. The predicted octanol–water partition coefficient (Wildman–Crippen LogP) is 1.95. The van der Waals surface area contributed by atoms with Crippen LogP contribution in [0.15, 0.2) is 18.2 Å². The first-order valence-corrected chi connectivity index (χ1v) is 8.20. The van der Waals surface area contributed by atoms with E-state index in [2.05, 4.69) is 28.1 Å². The number of para-hydroxylation sites is 1. The van der Waals surface area contributed by atoms with Crippen LogP contribution in [0.2, 0.25) is 5.02 Å². The molecule has 0 radical (unpaired) electrons. The molecule has 0 unspecified atom stereocenters. The fourth-order valence-electron chi connectivity index (χ4n) is 2.79. The third-order valence-electron chi connectivity index (χ3n) is 3.92. The molecule has 2 rings (SSSR count). The van der Waals surface area contributed by atoms with Gasteiger partial charge in [-0.15, -0.1) is 0 Å². The maximum atomic E-state index is 9.03. The lowest BCUT2D eigenvalue weighted by molar-refractivity contribution is 0.188. The summed E-state index contributed by atoms with van der Waals surface area (Å²) in [4.78, 5) is 4.67. The van der Waals surface area contributed by atoms with Gasteiger partial charge in [-0.25, -0.2) is 0 Å². The molecule has 1 saturated heterocycles. The fourth-order valence-corrected chi connectivity index (χ4v) is 3.11. The molecule has 2 N–H and O–H groups in total. The highest BCUT2D eigenvalue weighted by Crippen LogP contribution is 2.30. The average Bonchev–Trinajstić information content (AvgIpc) is 2.49. The molecule has 5 heteroatoms. The lowest BCUT2D eigenvalue weighted by Gasteiger charge is -2.37. The Balaban J connectivity index is 2.04. The number of benzene rings is 1. The van der Waals surface area contributed by atoms with Crippen molar-refractivity contribution in [1.82, 2.24) is 10.2 Å². The van der Waals surface area contributed by atoms with Crippen molar-refractivity contribution >= 4 is 17.3 Å². The van der Waals surface area contributed by atoms with Gasteiger partial charge in [0, 0.05) is 39.3 Å². The van der Waals surface area contributed by atoms with Crippen LogP contribution >= 0.6 is 11.6 Å². The second-order valence-electron chi connectivity index (χ2n) is 5.48. The van der Waals surface area contributed by atoms with Crippen LogP contribution in [0, 0.1) is 0 Å². The normalized spacial score (nSPS) is 16.4. The van der Waals surface area contributed by atoms with Crippen molar-refractivity contribution in [2.45, 2.75) is 19.9 Å². The smallest absolute Gasteiger partial charge is 0.0642 e. The molecule has 0 saturated carbocycles. The SMILES string of the molecule is CCCNCc1cccc(Cl)c1N1CCN(CCO)CC1. The molecular formula is C16H26ClN3O. The van der Waals surface area contributed by atoms with Crippen LogP contribution in [-0.4, -0.2) is 55.9 Å². The topological polar surface area (TPSA) is 38.7 Å². The van der Waals surface area contributed by atoms with Gasteiger partial charge >= 0.3 is 0 Å². The molecular weight excluding hydrogens is 286 g/mol. The number of nitrogens with zero attached hydrogens (tertiary/aromatic N) is 2. The molecule has 118 valence electrons. The van der Waals surface area contributed by atoms with Crippen LogP contribution in [0.3, 0.4) is 0 Å². The summed E-state index contributed by atoms with van der Waals surface area (Å²) < 4.78 is 0. The summed E-state index contributed by atoms with van der Waals surface area (Å²) in [5.41, 5.74) is 2.44. The molecule has 0 amide bonds. The molecule has 1 aromatic carbocycles. The van der Waals surface area contributed by atoms with Gasteiger partial charge in [0.1, 0.15) is 0 Å².